The molecule has 0 fully saturated rings. The molecule has 0 rings (SSSR count). The number of carbonyl (C=O) groups excluding carboxylic acids is 2. The van der Waals surface area contributed by atoms with Crippen LogP contribution in [0.3, 0.4) is 0 Å². The van der Waals surface area contributed by atoms with Crippen LogP contribution in [0.2, 0.25) is 0 Å². The van der Waals surface area contributed by atoms with Crippen LogP contribution in [-0.4, -0.2) is 78.1 Å². The van der Waals surface area contributed by atoms with Crippen LogP contribution in [0.1, 0.15) is 6.42 Å². The maximum atomic E-state index is 11.1. The first-order chi connectivity index (χ1) is 10.3. The second-order valence-corrected chi connectivity index (χ2v) is 4.01. The van der Waals surface area contributed by atoms with Crippen molar-refractivity contribution < 1.29 is 28.5 Å². The number of amides is 1. The van der Waals surface area contributed by atoms with Crippen molar-refractivity contribution in [3.63, 3.8) is 0 Å². The van der Waals surface area contributed by atoms with Gasteiger partial charge in [0.15, 0.2) is 0 Å². The summed E-state index contributed by atoms with van der Waals surface area (Å²) in [5, 5.41) is 2.60. The van der Waals surface area contributed by atoms with Gasteiger partial charge in [-0.15, -0.1) is 0 Å². The van der Waals surface area contributed by atoms with Crippen molar-refractivity contribution in [3.05, 3.63) is 0 Å². The van der Waals surface area contributed by atoms with Crippen LogP contribution in [0.4, 0.5) is 0 Å². The molecule has 0 aromatic rings. The molecule has 0 saturated heterocycles. The molecule has 0 aromatic carbocycles. The number of hydrogen-bond acceptors (Lipinski definition) is 7. The lowest BCUT2D eigenvalue weighted by Gasteiger charge is -2.07. The van der Waals surface area contributed by atoms with Gasteiger partial charge in [0.1, 0.15) is 19.5 Å². The molecular weight excluding hydrogens is 280 g/mol. The van der Waals surface area contributed by atoms with Crippen molar-refractivity contribution in [2.24, 2.45) is 5.73 Å². The van der Waals surface area contributed by atoms with Gasteiger partial charge in [-0.3, -0.25) is 4.79 Å². The van der Waals surface area contributed by atoms with Crippen LogP contribution in [0, 0.1) is 0 Å². The summed E-state index contributed by atoms with van der Waals surface area (Å²) in [6, 6.07) is 0. The molecule has 0 saturated carbocycles. The highest BCUT2D eigenvalue weighted by atomic mass is 16.5. The fraction of sp³-hybridized carbons (Fsp3) is 0.846. The van der Waals surface area contributed by atoms with Gasteiger partial charge in [0.25, 0.3) is 0 Å². The van der Waals surface area contributed by atoms with Crippen LogP contribution in [-0.2, 0) is 28.5 Å². The van der Waals surface area contributed by atoms with E-state index in [2.05, 4.69) is 5.32 Å². The summed E-state index contributed by atoms with van der Waals surface area (Å²) in [7, 11) is 0. The molecule has 0 aliphatic carbocycles. The molecular formula is C13H26N2O6. The van der Waals surface area contributed by atoms with Gasteiger partial charge < -0.3 is 34.8 Å². The third-order valence-electron chi connectivity index (χ3n) is 2.22. The highest BCUT2D eigenvalue weighted by Gasteiger charge is 1.99. The molecule has 1 amide bonds. The van der Waals surface area contributed by atoms with Crippen molar-refractivity contribution in [2.75, 3.05) is 65.9 Å². The summed E-state index contributed by atoms with van der Waals surface area (Å²) in [6.45, 7) is 3.91. The van der Waals surface area contributed by atoms with Crippen LogP contribution >= 0.6 is 0 Å². The molecule has 0 atom stereocenters. The van der Waals surface area contributed by atoms with Crippen molar-refractivity contribution in [1.82, 2.24) is 5.32 Å². The summed E-state index contributed by atoms with van der Waals surface area (Å²) in [4.78, 5) is 21.1. The van der Waals surface area contributed by atoms with Crippen molar-refractivity contribution in [2.45, 2.75) is 6.42 Å². The first-order valence-electron chi connectivity index (χ1n) is 7.02. The van der Waals surface area contributed by atoms with Crippen LogP contribution in [0.5, 0.6) is 0 Å². The minimum absolute atomic E-state index is 0.0722. The van der Waals surface area contributed by atoms with E-state index in [1.54, 1.807) is 0 Å². The lowest BCUT2D eigenvalue weighted by molar-refractivity contribution is -0.127. The van der Waals surface area contributed by atoms with E-state index in [4.69, 9.17) is 24.7 Å². The molecule has 0 aliphatic rings. The van der Waals surface area contributed by atoms with E-state index in [0.29, 0.717) is 59.0 Å². The van der Waals surface area contributed by atoms with Gasteiger partial charge in [-0.05, 0) is 13.0 Å². The molecule has 3 N–H and O–H groups in total. The Labute approximate surface area is 125 Å². The second kappa shape index (κ2) is 17.0. The predicted octanol–water partition coefficient (Wildman–Crippen LogP) is -1.28. The molecule has 0 heterocycles. The Hall–Kier alpha value is -1.06. The highest BCUT2D eigenvalue weighted by Crippen LogP contribution is 1.83. The smallest absolute Gasteiger partial charge is 0.246 e. The van der Waals surface area contributed by atoms with Gasteiger partial charge in [0.2, 0.25) is 5.91 Å². The first kappa shape index (κ1) is 19.9. The number of rotatable bonds is 16. The number of ether oxygens (including phenoxy) is 4. The Morgan fingerprint density at radius 3 is 2.19 bits per heavy atom. The Kier molecular flexibility index (Phi) is 16.1. The fourth-order valence-electron chi connectivity index (χ4n) is 1.24. The molecule has 0 spiro atoms. The molecule has 0 aromatic heterocycles. The summed E-state index contributed by atoms with van der Waals surface area (Å²) in [5.74, 6) is -0.272. The highest BCUT2D eigenvalue weighted by molar-refractivity contribution is 5.77. The van der Waals surface area contributed by atoms with Crippen molar-refractivity contribution >= 4 is 12.2 Å². The summed E-state index contributed by atoms with van der Waals surface area (Å²) < 4.78 is 20.5. The summed E-state index contributed by atoms with van der Waals surface area (Å²) in [5.41, 5.74) is 5.32. The predicted molar refractivity (Wildman–Crippen MR) is 76.0 cm³/mol. The Balaban J connectivity index is 3.08. The van der Waals surface area contributed by atoms with Crippen LogP contribution < -0.4 is 11.1 Å². The average molecular weight is 306 g/mol. The summed E-state index contributed by atoms with van der Waals surface area (Å²) in [6.07, 6.45) is 1.45. The molecule has 124 valence electrons. The zero-order valence-corrected chi connectivity index (χ0v) is 12.4. The van der Waals surface area contributed by atoms with Gasteiger partial charge in [0, 0.05) is 13.2 Å². The SMILES string of the molecule is NCCCOCCOCCOCCNC(=O)COCC=O. The van der Waals surface area contributed by atoms with E-state index >= 15 is 0 Å². The lowest BCUT2D eigenvalue weighted by Crippen LogP contribution is -2.31. The summed E-state index contributed by atoms with van der Waals surface area (Å²) >= 11 is 0. The van der Waals surface area contributed by atoms with Crippen molar-refractivity contribution in [1.29, 1.82) is 0 Å². The molecule has 8 nitrogen and oxygen atoms in total. The topological polar surface area (TPSA) is 109 Å². The molecule has 0 unspecified atom stereocenters. The Bertz CT molecular complexity index is 253. The zero-order chi connectivity index (χ0) is 15.6. The molecule has 8 heteroatoms. The maximum Gasteiger partial charge on any atom is 0.246 e. The van der Waals surface area contributed by atoms with Crippen LogP contribution in [0.15, 0.2) is 0 Å². The largest absolute Gasteiger partial charge is 0.379 e. The minimum atomic E-state index is -0.272. The molecule has 0 bridgehead atoms. The van der Waals surface area contributed by atoms with E-state index in [9.17, 15) is 9.59 Å². The Morgan fingerprint density at radius 2 is 1.57 bits per heavy atom. The average Bonchev–Trinajstić information content (AvgIpc) is 2.48. The second-order valence-electron chi connectivity index (χ2n) is 4.01. The van der Waals surface area contributed by atoms with E-state index in [0.717, 1.165) is 6.42 Å². The zero-order valence-electron chi connectivity index (χ0n) is 12.4. The normalized spacial score (nSPS) is 10.5. The van der Waals surface area contributed by atoms with Gasteiger partial charge in [0.05, 0.1) is 33.0 Å². The fourth-order valence-corrected chi connectivity index (χ4v) is 1.24. The van der Waals surface area contributed by atoms with E-state index in [1.807, 2.05) is 0 Å². The maximum absolute atomic E-state index is 11.1. The first-order valence-corrected chi connectivity index (χ1v) is 7.02. The molecule has 21 heavy (non-hydrogen) atoms. The van der Waals surface area contributed by atoms with Gasteiger partial charge in [-0.1, -0.05) is 0 Å². The Morgan fingerprint density at radius 1 is 0.952 bits per heavy atom. The van der Waals surface area contributed by atoms with E-state index in [-0.39, 0.29) is 19.1 Å². The minimum Gasteiger partial charge on any atom is -0.379 e. The third kappa shape index (κ3) is 16.9. The van der Waals surface area contributed by atoms with Crippen molar-refractivity contribution in [3.8, 4) is 0 Å². The van der Waals surface area contributed by atoms with Gasteiger partial charge in [-0.25, -0.2) is 0 Å². The number of nitrogens with two attached hydrogens (primary N) is 1. The number of carbonyl (C=O) groups is 2. The van der Waals surface area contributed by atoms with E-state index in [1.165, 1.54) is 0 Å². The standard InChI is InChI=1S/C13H26N2O6/c14-2-1-5-18-8-10-20-11-9-19-6-3-15-13(17)12-21-7-4-16/h4H,1-3,5-12,14H2,(H,15,17). The number of aldehydes is 1. The van der Waals surface area contributed by atoms with Gasteiger partial charge in [-0.2, -0.15) is 0 Å². The number of hydrogen-bond donors (Lipinski definition) is 2. The van der Waals surface area contributed by atoms with Crippen LogP contribution in [0.25, 0.3) is 0 Å². The van der Waals surface area contributed by atoms with Gasteiger partial charge >= 0.3 is 0 Å². The monoisotopic (exact) mass is 306 g/mol. The molecule has 0 aliphatic heterocycles. The lowest BCUT2D eigenvalue weighted by atomic mass is 10.5. The quantitative estimate of drug-likeness (QED) is 0.270. The molecule has 0 radical (unpaired) electrons. The number of nitrogens with one attached hydrogen (secondary N) is 1. The third-order valence-corrected chi connectivity index (χ3v) is 2.22. The van der Waals surface area contributed by atoms with E-state index < -0.39 is 0 Å².